The number of carbonyl (C=O) groups is 2. The summed E-state index contributed by atoms with van der Waals surface area (Å²) >= 11 is 1.75. The molecule has 0 atom stereocenters. The van der Waals surface area contributed by atoms with E-state index in [0.717, 1.165) is 23.4 Å². The summed E-state index contributed by atoms with van der Waals surface area (Å²) in [5.74, 6) is -3.65. The second-order valence-corrected chi connectivity index (χ2v) is 9.27. The van der Waals surface area contributed by atoms with Crippen LogP contribution in [0.15, 0.2) is 76.8 Å². The first-order chi connectivity index (χ1) is 17.5. The summed E-state index contributed by atoms with van der Waals surface area (Å²) in [5, 5.41) is 21.9. The number of rotatable bonds is 7. The minimum atomic E-state index is -1.82. The Morgan fingerprint density at radius 2 is 1.53 bits per heavy atom. The van der Waals surface area contributed by atoms with E-state index in [0.29, 0.717) is 6.61 Å². The number of hydrogen-bond donors (Lipinski definition) is 2. The molecule has 1 aliphatic heterocycles. The fourth-order valence-corrected chi connectivity index (χ4v) is 4.49. The monoisotopic (exact) mass is 508 g/mol. The van der Waals surface area contributed by atoms with Gasteiger partial charge in [0.05, 0.1) is 0 Å². The van der Waals surface area contributed by atoms with Crippen LogP contribution in [0, 0.1) is 0 Å². The third kappa shape index (κ3) is 8.10. The van der Waals surface area contributed by atoms with E-state index in [9.17, 15) is 0 Å². The third-order valence-corrected chi connectivity index (χ3v) is 6.69. The molecule has 0 unspecified atom stereocenters. The number of aliphatic carboxylic acids is 2. The molecule has 8 heteroatoms. The smallest absolute Gasteiger partial charge is 0.414 e. The molecule has 7 nitrogen and oxygen atoms in total. The van der Waals surface area contributed by atoms with Gasteiger partial charge in [0, 0.05) is 22.6 Å². The summed E-state index contributed by atoms with van der Waals surface area (Å²) in [4.78, 5) is 27.8. The summed E-state index contributed by atoms with van der Waals surface area (Å²) in [6, 6.07) is 23.4. The molecule has 0 spiro atoms. The van der Waals surface area contributed by atoms with Gasteiger partial charge in [-0.1, -0.05) is 72.6 Å². The van der Waals surface area contributed by atoms with Crippen LogP contribution in [0.1, 0.15) is 36.8 Å². The van der Waals surface area contributed by atoms with Gasteiger partial charge in [0.1, 0.15) is 12.3 Å². The van der Waals surface area contributed by atoms with Crippen molar-refractivity contribution < 1.29 is 24.6 Å². The van der Waals surface area contributed by atoms with Crippen LogP contribution >= 0.6 is 11.8 Å². The zero-order valence-electron chi connectivity index (χ0n) is 20.4. The second-order valence-electron chi connectivity index (χ2n) is 8.39. The second kappa shape index (κ2) is 14.3. The molecule has 3 aromatic carbocycles. The lowest BCUT2D eigenvalue weighted by Crippen LogP contribution is -2.28. The number of fused-ring (bicyclic) bond motifs is 1. The molecular weight excluding hydrogens is 476 g/mol. The van der Waals surface area contributed by atoms with Gasteiger partial charge in [0.15, 0.2) is 0 Å². The Kier molecular flexibility index (Phi) is 10.8. The number of carboxylic acid groups (broad SMARTS) is 2. The van der Waals surface area contributed by atoms with Crippen LogP contribution in [0.3, 0.4) is 0 Å². The zero-order valence-corrected chi connectivity index (χ0v) is 21.2. The predicted octanol–water partition coefficient (Wildman–Crippen LogP) is 5.36. The Morgan fingerprint density at radius 1 is 0.889 bits per heavy atom. The van der Waals surface area contributed by atoms with Gasteiger partial charge in [0.25, 0.3) is 0 Å². The number of carboxylic acids is 2. The predicted molar refractivity (Wildman–Crippen MR) is 144 cm³/mol. The van der Waals surface area contributed by atoms with Crippen molar-refractivity contribution in [3.05, 3.63) is 77.9 Å². The molecule has 1 fully saturated rings. The molecule has 0 aliphatic carbocycles. The van der Waals surface area contributed by atoms with Crippen LogP contribution in [0.5, 0.6) is 0 Å². The van der Waals surface area contributed by atoms with Crippen molar-refractivity contribution in [1.82, 2.24) is 4.90 Å². The van der Waals surface area contributed by atoms with E-state index in [1.807, 2.05) is 0 Å². The maximum Gasteiger partial charge on any atom is 0.414 e. The highest BCUT2D eigenvalue weighted by Gasteiger charge is 2.13. The van der Waals surface area contributed by atoms with E-state index in [1.54, 1.807) is 11.8 Å². The lowest BCUT2D eigenvalue weighted by atomic mass is 9.97. The normalized spacial score (nSPS) is 14.4. The molecule has 0 aromatic heterocycles. The topological polar surface area (TPSA) is 99.4 Å². The van der Waals surface area contributed by atoms with E-state index in [4.69, 9.17) is 24.6 Å². The van der Waals surface area contributed by atoms with Crippen LogP contribution in [0.4, 0.5) is 0 Å². The highest BCUT2D eigenvalue weighted by molar-refractivity contribution is 7.98. The molecule has 4 rings (SSSR count). The average molecular weight is 509 g/mol. The number of likely N-dealkylation sites (tertiary alicyclic amines) is 1. The number of nitrogens with zero attached hydrogens (tertiary/aromatic N) is 2. The molecule has 1 aliphatic rings. The van der Waals surface area contributed by atoms with Crippen molar-refractivity contribution in [1.29, 1.82) is 0 Å². The summed E-state index contributed by atoms with van der Waals surface area (Å²) in [6.07, 6.45) is 7.40. The number of oxime groups is 1. The Bertz CT molecular complexity index is 1150. The first-order valence-corrected chi connectivity index (χ1v) is 13.2. The molecule has 0 bridgehead atoms. The molecule has 1 saturated heterocycles. The molecule has 0 radical (unpaired) electrons. The van der Waals surface area contributed by atoms with E-state index in [2.05, 4.69) is 83.0 Å². The standard InChI is InChI=1S/C26H30N2OS.C2H2O4/c1-30-23-15-13-22(14-16-23)26(25-12-8-10-21-9-4-5-11-24(21)25)27-29-20-19-28-17-6-2-3-7-18-28;3-1(4)2(5)6/h4-5,8-16H,2-3,6-7,17-20H2,1H3;(H,3,4)(H,5,6). The molecule has 3 aromatic rings. The number of hydrogen-bond acceptors (Lipinski definition) is 6. The summed E-state index contributed by atoms with van der Waals surface area (Å²) in [5.41, 5.74) is 3.09. The molecule has 0 saturated carbocycles. The van der Waals surface area contributed by atoms with Crippen LogP contribution in [0.25, 0.3) is 10.8 Å². The first kappa shape index (κ1) is 27.2. The lowest BCUT2D eigenvalue weighted by Gasteiger charge is -2.18. The maximum absolute atomic E-state index is 9.10. The van der Waals surface area contributed by atoms with Gasteiger partial charge >= 0.3 is 11.9 Å². The molecule has 0 amide bonds. The van der Waals surface area contributed by atoms with Gasteiger partial charge in [-0.2, -0.15) is 0 Å². The third-order valence-electron chi connectivity index (χ3n) is 5.94. The highest BCUT2D eigenvalue weighted by atomic mass is 32.2. The van der Waals surface area contributed by atoms with Crippen molar-refractivity contribution in [2.24, 2.45) is 5.16 Å². The molecule has 1 heterocycles. The van der Waals surface area contributed by atoms with Crippen molar-refractivity contribution in [3.8, 4) is 0 Å². The highest BCUT2D eigenvalue weighted by Crippen LogP contribution is 2.24. The van der Waals surface area contributed by atoms with E-state index in [-0.39, 0.29) is 0 Å². The van der Waals surface area contributed by atoms with Gasteiger partial charge in [0.2, 0.25) is 0 Å². The van der Waals surface area contributed by atoms with Gasteiger partial charge in [-0.25, -0.2) is 9.59 Å². The summed E-state index contributed by atoms with van der Waals surface area (Å²) in [6.45, 7) is 3.92. The Labute approximate surface area is 215 Å². The van der Waals surface area contributed by atoms with Crippen LogP contribution in [-0.2, 0) is 14.4 Å². The molecular formula is C28H32N2O5S. The Morgan fingerprint density at radius 3 is 2.17 bits per heavy atom. The summed E-state index contributed by atoms with van der Waals surface area (Å²) < 4.78 is 0. The Balaban J connectivity index is 0.000000538. The fraction of sp³-hybridized carbons (Fsp3) is 0.321. The SMILES string of the molecule is CSc1ccc(C(=NOCCN2CCCCCC2)c2cccc3ccccc23)cc1.O=C(O)C(=O)O. The fourth-order valence-electron chi connectivity index (χ4n) is 4.08. The minimum Gasteiger partial charge on any atom is -0.473 e. The lowest BCUT2D eigenvalue weighted by molar-refractivity contribution is -0.159. The van der Waals surface area contributed by atoms with Crippen LogP contribution in [-0.4, -0.2) is 65.3 Å². The molecule has 190 valence electrons. The Hall–Kier alpha value is -3.36. The minimum absolute atomic E-state index is 0.622. The van der Waals surface area contributed by atoms with Gasteiger partial charge in [-0.05, 0) is 55.1 Å². The van der Waals surface area contributed by atoms with Crippen LogP contribution < -0.4 is 0 Å². The summed E-state index contributed by atoms with van der Waals surface area (Å²) in [7, 11) is 0. The zero-order chi connectivity index (χ0) is 25.8. The number of thioether (sulfide) groups is 1. The first-order valence-electron chi connectivity index (χ1n) is 12.0. The van der Waals surface area contributed by atoms with E-state index >= 15 is 0 Å². The number of benzene rings is 3. The van der Waals surface area contributed by atoms with E-state index in [1.165, 1.54) is 54.4 Å². The maximum atomic E-state index is 9.10. The van der Waals surface area contributed by atoms with Crippen molar-refractivity contribution in [3.63, 3.8) is 0 Å². The molecule has 2 N–H and O–H groups in total. The van der Waals surface area contributed by atoms with Gasteiger partial charge in [-0.15, -0.1) is 11.8 Å². The average Bonchev–Trinajstić information content (AvgIpc) is 3.18. The molecule has 36 heavy (non-hydrogen) atoms. The van der Waals surface area contributed by atoms with Crippen molar-refractivity contribution in [2.75, 3.05) is 32.5 Å². The van der Waals surface area contributed by atoms with Crippen molar-refractivity contribution in [2.45, 2.75) is 30.6 Å². The van der Waals surface area contributed by atoms with Crippen molar-refractivity contribution >= 4 is 40.2 Å². The van der Waals surface area contributed by atoms with Gasteiger partial charge < -0.3 is 15.1 Å². The quantitative estimate of drug-likeness (QED) is 0.146. The van der Waals surface area contributed by atoms with Crippen LogP contribution in [0.2, 0.25) is 0 Å². The van der Waals surface area contributed by atoms with Gasteiger partial charge in [-0.3, -0.25) is 4.90 Å². The van der Waals surface area contributed by atoms with E-state index < -0.39 is 11.9 Å². The largest absolute Gasteiger partial charge is 0.473 e.